The number of hydrogen-bond donors (Lipinski definition) is 2. The highest BCUT2D eigenvalue weighted by Gasteiger charge is 2.52. The molecule has 2 N–H and O–H groups in total. The molecule has 0 radical (unpaired) electrons. The molecule has 3 aliphatic carbocycles. The Morgan fingerprint density at radius 2 is 1.74 bits per heavy atom. The second-order valence-electron chi connectivity index (χ2n) is 6.60. The maximum absolute atomic E-state index is 12.5. The summed E-state index contributed by atoms with van der Waals surface area (Å²) in [4.78, 5) is 23.9. The third kappa shape index (κ3) is 2.07. The molecular weight excluding hydrogens is 242 g/mol. The Balaban J connectivity index is 1.75. The Bertz CT molecular complexity index is 437. The number of amides is 1. The van der Waals surface area contributed by atoms with E-state index in [1.54, 1.807) is 0 Å². The summed E-state index contributed by atoms with van der Waals surface area (Å²) in [5, 5.41) is 12.5. The summed E-state index contributed by atoms with van der Waals surface area (Å²) in [5.74, 6) is -1.60. The molecule has 4 nitrogen and oxygen atoms in total. The summed E-state index contributed by atoms with van der Waals surface area (Å²) in [5.41, 5.74) is -0.119. The van der Waals surface area contributed by atoms with Gasteiger partial charge < -0.3 is 10.4 Å². The maximum atomic E-state index is 12.5. The van der Waals surface area contributed by atoms with Crippen LogP contribution >= 0.6 is 0 Å². The number of carbonyl (C=O) groups is 2. The van der Waals surface area contributed by atoms with Crippen LogP contribution in [0.4, 0.5) is 0 Å². The van der Waals surface area contributed by atoms with E-state index in [4.69, 9.17) is 0 Å². The highest BCUT2D eigenvalue weighted by atomic mass is 16.4. The van der Waals surface area contributed by atoms with E-state index in [2.05, 4.69) is 12.2 Å². The number of rotatable bonds is 3. The van der Waals surface area contributed by atoms with Crippen LogP contribution in [0.2, 0.25) is 0 Å². The lowest BCUT2D eigenvalue weighted by molar-refractivity contribution is -0.148. The van der Waals surface area contributed by atoms with Gasteiger partial charge in [0.2, 0.25) is 5.91 Å². The molecule has 0 heterocycles. The van der Waals surface area contributed by atoms with E-state index in [1.807, 2.05) is 12.2 Å². The smallest absolute Gasteiger partial charge is 0.307 e. The molecule has 0 aromatic heterocycles. The molecule has 0 aromatic rings. The molecule has 2 bridgehead atoms. The molecule has 0 aliphatic heterocycles. The molecule has 4 heteroatoms. The molecule has 2 saturated carbocycles. The zero-order valence-corrected chi connectivity index (χ0v) is 11.3. The highest BCUT2D eigenvalue weighted by Crippen LogP contribution is 2.48. The van der Waals surface area contributed by atoms with Gasteiger partial charge >= 0.3 is 5.97 Å². The first-order valence-corrected chi connectivity index (χ1v) is 7.23. The van der Waals surface area contributed by atoms with Crippen LogP contribution < -0.4 is 5.32 Å². The van der Waals surface area contributed by atoms with Crippen molar-refractivity contribution in [1.29, 1.82) is 0 Å². The Morgan fingerprint density at radius 3 is 2.32 bits per heavy atom. The topological polar surface area (TPSA) is 66.4 Å². The van der Waals surface area contributed by atoms with Crippen LogP contribution in [0, 0.1) is 23.7 Å². The van der Waals surface area contributed by atoms with E-state index >= 15 is 0 Å². The fourth-order valence-electron chi connectivity index (χ4n) is 4.18. The molecular formula is C15H21NO3. The summed E-state index contributed by atoms with van der Waals surface area (Å²) < 4.78 is 0. The van der Waals surface area contributed by atoms with Crippen LogP contribution in [0.15, 0.2) is 12.2 Å². The quantitative estimate of drug-likeness (QED) is 0.765. The number of nitrogens with one attached hydrogen (secondary N) is 1. The van der Waals surface area contributed by atoms with E-state index in [1.165, 1.54) is 0 Å². The standard InChI is InChI=1S/C15H21NO3/c1-15(6-2-3-7-15)16-13(17)11-9-4-5-10(8-9)12(11)14(18)19/h4-5,9-12H,2-3,6-8H2,1H3,(H,16,17)(H,18,19)/t9?,10?,11-,12+/m0/s1. The largest absolute Gasteiger partial charge is 0.481 e. The lowest BCUT2D eigenvalue weighted by Gasteiger charge is -2.30. The average Bonchev–Trinajstić information content (AvgIpc) is 3.02. The van der Waals surface area contributed by atoms with Crippen molar-refractivity contribution in [3.63, 3.8) is 0 Å². The van der Waals surface area contributed by atoms with Gasteiger partial charge in [0.25, 0.3) is 0 Å². The van der Waals surface area contributed by atoms with Crippen LogP contribution in [0.5, 0.6) is 0 Å². The van der Waals surface area contributed by atoms with Crippen LogP contribution in [-0.2, 0) is 9.59 Å². The maximum Gasteiger partial charge on any atom is 0.307 e. The van der Waals surface area contributed by atoms with Crippen molar-refractivity contribution in [2.24, 2.45) is 23.7 Å². The minimum absolute atomic E-state index is 0.0475. The highest BCUT2D eigenvalue weighted by molar-refractivity contribution is 5.87. The summed E-state index contributed by atoms with van der Waals surface area (Å²) >= 11 is 0. The number of hydrogen-bond acceptors (Lipinski definition) is 2. The van der Waals surface area contributed by atoms with Crippen molar-refractivity contribution < 1.29 is 14.7 Å². The first kappa shape index (κ1) is 12.7. The van der Waals surface area contributed by atoms with E-state index < -0.39 is 11.9 Å². The van der Waals surface area contributed by atoms with Gasteiger partial charge in [0, 0.05) is 5.54 Å². The third-order valence-electron chi connectivity index (χ3n) is 5.18. The van der Waals surface area contributed by atoms with Crippen LogP contribution in [0.3, 0.4) is 0 Å². The third-order valence-corrected chi connectivity index (χ3v) is 5.18. The molecule has 0 aromatic carbocycles. The summed E-state index contributed by atoms with van der Waals surface area (Å²) in [7, 11) is 0. The second kappa shape index (κ2) is 4.36. The summed E-state index contributed by atoms with van der Waals surface area (Å²) in [6.07, 6.45) is 9.15. The minimum atomic E-state index is -0.825. The zero-order chi connectivity index (χ0) is 13.6. The number of carboxylic acid groups (broad SMARTS) is 1. The molecule has 4 atom stereocenters. The molecule has 3 rings (SSSR count). The predicted octanol–water partition coefficient (Wildman–Crippen LogP) is 1.96. The normalized spacial score (nSPS) is 38.6. The Kier molecular flexibility index (Phi) is 2.91. The van der Waals surface area contributed by atoms with E-state index in [-0.39, 0.29) is 29.2 Å². The Labute approximate surface area is 113 Å². The van der Waals surface area contributed by atoms with Crippen LogP contribution in [-0.4, -0.2) is 22.5 Å². The number of fused-ring (bicyclic) bond motifs is 2. The van der Waals surface area contributed by atoms with Crippen molar-refractivity contribution in [3.8, 4) is 0 Å². The second-order valence-corrected chi connectivity index (χ2v) is 6.60. The first-order valence-electron chi connectivity index (χ1n) is 7.23. The van der Waals surface area contributed by atoms with Crippen molar-refractivity contribution in [3.05, 3.63) is 12.2 Å². The van der Waals surface area contributed by atoms with Crippen LogP contribution in [0.25, 0.3) is 0 Å². The molecule has 0 spiro atoms. The van der Waals surface area contributed by atoms with Gasteiger partial charge in [-0.25, -0.2) is 0 Å². The predicted molar refractivity (Wildman–Crippen MR) is 70.4 cm³/mol. The fourth-order valence-corrected chi connectivity index (χ4v) is 4.18. The number of carboxylic acids is 1. The van der Waals surface area contributed by atoms with Gasteiger partial charge in [-0.15, -0.1) is 0 Å². The summed E-state index contributed by atoms with van der Waals surface area (Å²) in [6.45, 7) is 2.08. The van der Waals surface area contributed by atoms with Gasteiger partial charge in [-0.2, -0.15) is 0 Å². The van der Waals surface area contributed by atoms with Gasteiger partial charge in [-0.3, -0.25) is 9.59 Å². The zero-order valence-electron chi connectivity index (χ0n) is 11.3. The van der Waals surface area contributed by atoms with E-state index in [0.717, 1.165) is 32.1 Å². The molecule has 104 valence electrons. The van der Waals surface area contributed by atoms with Gasteiger partial charge in [0.1, 0.15) is 0 Å². The lowest BCUT2D eigenvalue weighted by atomic mass is 9.81. The van der Waals surface area contributed by atoms with Gasteiger partial charge in [-0.1, -0.05) is 25.0 Å². The fraction of sp³-hybridized carbons (Fsp3) is 0.733. The number of carbonyl (C=O) groups excluding carboxylic acids is 1. The number of aliphatic carboxylic acids is 1. The van der Waals surface area contributed by atoms with Crippen molar-refractivity contribution in [1.82, 2.24) is 5.32 Å². The molecule has 2 fully saturated rings. The van der Waals surface area contributed by atoms with Crippen molar-refractivity contribution in [2.45, 2.75) is 44.6 Å². The van der Waals surface area contributed by atoms with E-state index in [9.17, 15) is 14.7 Å². The average molecular weight is 263 g/mol. The SMILES string of the molecule is CC1(NC(=O)[C@H]2C3C=CC(C3)[C@H]2C(=O)O)CCCC1. The minimum Gasteiger partial charge on any atom is -0.481 e. The van der Waals surface area contributed by atoms with Gasteiger partial charge in [0.05, 0.1) is 11.8 Å². The molecule has 1 amide bonds. The lowest BCUT2D eigenvalue weighted by Crippen LogP contribution is -2.49. The Hall–Kier alpha value is -1.32. The van der Waals surface area contributed by atoms with Gasteiger partial charge in [0.15, 0.2) is 0 Å². The molecule has 0 saturated heterocycles. The van der Waals surface area contributed by atoms with Crippen LogP contribution in [0.1, 0.15) is 39.0 Å². The van der Waals surface area contributed by atoms with Gasteiger partial charge in [-0.05, 0) is 38.0 Å². The van der Waals surface area contributed by atoms with E-state index in [0.29, 0.717) is 0 Å². The number of allylic oxidation sites excluding steroid dienone is 2. The summed E-state index contributed by atoms with van der Waals surface area (Å²) in [6, 6.07) is 0. The molecule has 19 heavy (non-hydrogen) atoms. The molecule has 2 unspecified atom stereocenters. The Morgan fingerprint density at radius 1 is 1.16 bits per heavy atom. The molecule has 3 aliphatic rings. The van der Waals surface area contributed by atoms with Crippen molar-refractivity contribution in [2.75, 3.05) is 0 Å². The monoisotopic (exact) mass is 263 g/mol. The first-order chi connectivity index (χ1) is 9.00. The van der Waals surface area contributed by atoms with Crippen molar-refractivity contribution >= 4 is 11.9 Å².